The molecule has 6 nitrogen and oxygen atoms in total. The number of amides is 2. The van der Waals surface area contributed by atoms with E-state index in [0.29, 0.717) is 18.1 Å². The van der Waals surface area contributed by atoms with Crippen LogP contribution in [0.5, 0.6) is 11.5 Å². The molecule has 0 radical (unpaired) electrons. The Morgan fingerprint density at radius 2 is 1.78 bits per heavy atom. The number of piperazine rings is 1. The minimum absolute atomic E-state index is 0.110. The molecule has 2 amide bonds. The smallest absolute Gasteiger partial charge is 0.321 e. The van der Waals surface area contributed by atoms with Crippen LogP contribution in [0.3, 0.4) is 0 Å². The molecule has 144 valence electrons. The van der Waals surface area contributed by atoms with E-state index in [9.17, 15) is 4.79 Å². The molecule has 27 heavy (non-hydrogen) atoms. The van der Waals surface area contributed by atoms with Crippen molar-refractivity contribution in [3.63, 3.8) is 0 Å². The summed E-state index contributed by atoms with van der Waals surface area (Å²) in [4.78, 5) is 16.6. The molecular formula is C20H24ClN3O3. The number of carbonyl (C=O) groups excluding carboxylic acids is 1. The number of rotatable bonds is 4. The number of methoxy groups -OCH3 is 2. The Morgan fingerprint density at radius 3 is 2.44 bits per heavy atom. The first-order valence-electron chi connectivity index (χ1n) is 8.81. The molecule has 0 aromatic heterocycles. The molecule has 1 aliphatic rings. The number of aryl methyl sites for hydroxylation is 1. The normalized spacial score (nSPS) is 14.1. The van der Waals surface area contributed by atoms with Crippen LogP contribution in [-0.2, 0) is 0 Å². The Hall–Kier alpha value is -2.60. The SMILES string of the molecule is COc1ccc(N2CCN(C(=O)Nc3cc(Cl)ccc3C)CC2)c(OC)c1. The first-order valence-corrected chi connectivity index (χ1v) is 9.18. The molecular weight excluding hydrogens is 366 g/mol. The van der Waals surface area contributed by atoms with Crippen molar-refractivity contribution in [1.82, 2.24) is 4.90 Å². The van der Waals surface area contributed by atoms with E-state index >= 15 is 0 Å². The van der Waals surface area contributed by atoms with Gasteiger partial charge in [-0.1, -0.05) is 17.7 Å². The van der Waals surface area contributed by atoms with E-state index in [1.165, 1.54) is 0 Å². The van der Waals surface area contributed by atoms with Crippen LogP contribution < -0.4 is 19.7 Å². The highest BCUT2D eigenvalue weighted by molar-refractivity contribution is 6.31. The number of nitrogens with one attached hydrogen (secondary N) is 1. The van der Waals surface area contributed by atoms with E-state index in [1.807, 2.05) is 42.2 Å². The zero-order valence-corrected chi connectivity index (χ0v) is 16.5. The Kier molecular flexibility index (Phi) is 5.96. The van der Waals surface area contributed by atoms with Gasteiger partial charge in [0.15, 0.2) is 0 Å². The minimum Gasteiger partial charge on any atom is -0.497 e. The molecule has 1 fully saturated rings. The Bertz CT molecular complexity index is 820. The monoisotopic (exact) mass is 389 g/mol. The molecule has 0 aliphatic carbocycles. The lowest BCUT2D eigenvalue weighted by atomic mass is 10.2. The van der Waals surface area contributed by atoms with Crippen molar-refractivity contribution in [3.05, 3.63) is 47.0 Å². The molecule has 0 atom stereocenters. The van der Waals surface area contributed by atoms with Crippen molar-refractivity contribution in [2.45, 2.75) is 6.92 Å². The van der Waals surface area contributed by atoms with Gasteiger partial charge < -0.3 is 24.6 Å². The molecule has 1 saturated heterocycles. The summed E-state index contributed by atoms with van der Waals surface area (Å²) in [5, 5.41) is 3.56. The Labute approximate surface area is 164 Å². The van der Waals surface area contributed by atoms with Crippen LogP contribution in [0.4, 0.5) is 16.2 Å². The van der Waals surface area contributed by atoms with E-state index in [0.717, 1.165) is 41.5 Å². The van der Waals surface area contributed by atoms with Crippen molar-refractivity contribution < 1.29 is 14.3 Å². The van der Waals surface area contributed by atoms with Crippen molar-refractivity contribution in [2.24, 2.45) is 0 Å². The highest BCUT2D eigenvalue weighted by atomic mass is 35.5. The zero-order chi connectivity index (χ0) is 19.4. The molecule has 0 spiro atoms. The van der Waals surface area contributed by atoms with Gasteiger partial charge in [0.2, 0.25) is 0 Å². The lowest BCUT2D eigenvalue weighted by Gasteiger charge is -2.36. The van der Waals surface area contributed by atoms with Gasteiger partial charge in [0.1, 0.15) is 11.5 Å². The van der Waals surface area contributed by atoms with Crippen LogP contribution in [0.1, 0.15) is 5.56 Å². The summed E-state index contributed by atoms with van der Waals surface area (Å²) in [5.74, 6) is 1.52. The van der Waals surface area contributed by atoms with Crippen molar-refractivity contribution in [3.8, 4) is 11.5 Å². The maximum Gasteiger partial charge on any atom is 0.321 e. The maximum absolute atomic E-state index is 12.6. The topological polar surface area (TPSA) is 54.0 Å². The molecule has 2 aromatic carbocycles. The number of carbonyl (C=O) groups is 1. The summed E-state index contributed by atoms with van der Waals surface area (Å²) in [5.41, 5.74) is 2.73. The van der Waals surface area contributed by atoms with Crippen LogP contribution in [0.15, 0.2) is 36.4 Å². The quantitative estimate of drug-likeness (QED) is 0.858. The van der Waals surface area contributed by atoms with Crippen LogP contribution in [0.25, 0.3) is 0 Å². The maximum atomic E-state index is 12.6. The molecule has 1 aliphatic heterocycles. The first-order chi connectivity index (χ1) is 13.0. The lowest BCUT2D eigenvalue weighted by Crippen LogP contribution is -2.50. The molecule has 7 heteroatoms. The average Bonchev–Trinajstić information content (AvgIpc) is 2.70. The van der Waals surface area contributed by atoms with Crippen molar-refractivity contribution in [2.75, 3.05) is 50.6 Å². The number of halogens is 1. The lowest BCUT2D eigenvalue weighted by molar-refractivity contribution is 0.208. The largest absolute Gasteiger partial charge is 0.497 e. The van der Waals surface area contributed by atoms with Crippen molar-refractivity contribution in [1.29, 1.82) is 0 Å². The number of benzene rings is 2. The third-order valence-corrected chi connectivity index (χ3v) is 4.97. The van der Waals surface area contributed by atoms with Gasteiger partial charge in [-0.25, -0.2) is 4.79 Å². The molecule has 2 aromatic rings. The Balaban J connectivity index is 1.63. The van der Waals surface area contributed by atoms with Gasteiger partial charge in [-0.05, 0) is 36.8 Å². The zero-order valence-electron chi connectivity index (χ0n) is 15.8. The van der Waals surface area contributed by atoms with Crippen LogP contribution >= 0.6 is 11.6 Å². The summed E-state index contributed by atoms with van der Waals surface area (Å²) in [7, 11) is 3.28. The van der Waals surface area contributed by atoms with Gasteiger partial charge in [-0.2, -0.15) is 0 Å². The van der Waals surface area contributed by atoms with Crippen molar-refractivity contribution >= 4 is 29.0 Å². The second-order valence-electron chi connectivity index (χ2n) is 6.40. The highest BCUT2D eigenvalue weighted by Crippen LogP contribution is 2.32. The molecule has 3 rings (SSSR count). The molecule has 0 saturated carbocycles. The fourth-order valence-electron chi connectivity index (χ4n) is 3.12. The summed E-state index contributed by atoms with van der Waals surface area (Å²) in [6.45, 7) is 4.65. The van der Waals surface area contributed by atoms with Gasteiger partial charge in [0.05, 0.1) is 19.9 Å². The number of ether oxygens (including phenoxy) is 2. The predicted molar refractivity (Wildman–Crippen MR) is 109 cm³/mol. The molecule has 0 bridgehead atoms. The second-order valence-corrected chi connectivity index (χ2v) is 6.84. The van der Waals surface area contributed by atoms with Gasteiger partial charge in [-0.15, -0.1) is 0 Å². The third kappa shape index (κ3) is 4.39. The number of nitrogens with zero attached hydrogens (tertiary/aromatic N) is 2. The standard InChI is InChI=1S/C20H24ClN3O3/c1-14-4-5-15(21)12-17(14)22-20(25)24-10-8-23(9-11-24)18-7-6-16(26-2)13-19(18)27-3/h4-7,12-13H,8-11H2,1-3H3,(H,22,25). The fourth-order valence-corrected chi connectivity index (χ4v) is 3.29. The fraction of sp³-hybridized carbons (Fsp3) is 0.350. The predicted octanol–water partition coefficient (Wildman–Crippen LogP) is 4.02. The molecule has 1 N–H and O–H groups in total. The van der Waals surface area contributed by atoms with Gasteiger partial charge in [0, 0.05) is 43.0 Å². The van der Waals surface area contributed by atoms with E-state index in [1.54, 1.807) is 20.3 Å². The van der Waals surface area contributed by atoms with Gasteiger partial charge >= 0.3 is 6.03 Å². The number of anilines is 2. The summed E-state index contributed by atoms with van der Waals surface area (Å²) in [6, 6.07) is 11.1. The summed E-state index contributed by atoms with van der Waals surface area (Å²) in [6.07, 6.45) is 0. The summed E-state index contributed by atoms with van der Waals surface area (Å²) < 4.78 is 10.7. The summed E-state index contributed by atoms with van der Waals surface area (Å²) >= 11 is 6.03. The van der Waals surface area contributed by atoms with Crippen LogP contribution in [-0.4, -0.2) is 51.3 Å². The second kappa shape index (κ2) is 8.39. The van der Waals surface area contributed by atoms with Gasteiger partial charge in [-0.3, -0.25) is 0 Å². The van der Waals surface area contributed by atoms with Crippen LogP contribution in [0, 0.1) is 6.92 Å². The number of hydrogen-bond donors (Lipinski definition) is 1. The number of hydrogen-bond acceptors (Lipinski definition) is 4. The Morgan fingerprint density at radius 1 is 1.04 bits per heavy atom. The van der Waals surface area contributed by atoms with E-state index < -0.39 is 0 Å². The average molecular weight is 390 g/mol. The van der Waals surface area contributed by atoms with E-state index in [4.69, 9.17) is 21.1 Å². The highest BCUT2D eigenvalue weighted by Gasteiger charge is 2.23. The third-order valence-electron chi connectivity index (χ3n) is 4.74. The van der Waals surface area contributed by atoms with Gasteiger partial charge in [0.25, 0.3) is 0 Å². The minimum atomic E-state index is -0.110. The van der Waals surface area contributed by atoms with Crippen LogP contribution in [0.2, 0.25) is 5.02 Å². The molecule has 1 heterocycles. The van der Waals surface area contributed by atoms with E-state index in [2.05, 4.69) is 10.2 Å². The molecule has 0 unspecified atom stereocenters. The number of urea groups is 1. The van der Waals surface area contributed by atoms with E-state index in [-0.39, 0.29) is 6.03 Å². The first kappa shape index (κ1) is 19.2.